The van der Waals surface area contributed by atoms with Gasteiger partial charge >= 0.3 is 5.97 Å². The zero-order chi connectivity index (χ0) is 65.4. The number of aliphatic imine (C=N–C) groups is 1. The Balaban J connectivity index is 1.55. The zero-order valence-electron chi connectivity index (χ0n) is 50.4. The molecule has 488 valence electrons. The predicted octanol–water partition coefficient (Wildman–Crippen LogP) is -1.95. The van der Waals surface area contributed by atoms with Gasteiger partial charge in [0, 0.05) is 32.5 Å². The summed E-state index contributed by atoms with van der Waals surface area (Å²) in [4.78, 5) is 143. The monoisotopic (exact) mass is 1240 g/mol. The summed E-state index contributed by atoms with van der Waals surface area (Å²) in [6.07, 6.45) is 2.12. The first-order chi connectivity index (χ1) is 42.5. The van der Waals surface area contributed by atoms with Crippen LogP contribution in [0.2, 0.25) is 0 Å². The number of nitrogens with two attached hydrogens (primary N) is 4. The number of amides is 9. The van der Waals surface area contributed by atoms with Crippen molar-refractivity contribution in [3.8, 4) is 11.5 Å². The molecule has 0 radical (unpaired) electrons. The molecule has 1 heterocycles. The Morgan fingerprint density at radius 3 is 1.69 bits per heavy atom. The Bertz CT molecular complexity index is 2830. The van der Waals surface area contributed by atoms with Crippen molar-refractivity contribution in [1.82, 2.24) is 52.9 Å². The maximum Gasteiger partial charge on any atom is 0.326 e. The minimum Gasteiger partial charge on any atom is -0.508 e. The molecule has 0 unspecified atom stereocenters. The van der Waals surface area contributed by atoms with Gasteiger partial charge in [-0.3, -0.25) is 48.1 Å². The molecule has 9 amide bonds. The van der Waals surface area contributed by atoms with Crippen molar-refractivity contribution >= 4 is 65.1 Å². The van der Waals surface area contributed by atoms with E-state index in [1.165, 1.54) is 29.2 Å². The molecule has 1 saturated heterocycles. The van der Waals surface area contributed by atoms with E-state index in [0.29, 0.717) is 48.8 Å². The van der Waals surface area contributed by atoms with E-state index in [2.05, 4.69) is 47.5 Å². The molecule has 4 rings (SSSR count). The van der Waals surface area contributed by atoms with Crippen LogP contribution in [0.4, 0.5) is 0 Å². The molecule has 1 aliphatic heterocycles. The number of phenolic OH excluding ortho intramolecular Hbond substituents is 2. The van der Waals surface area contributed by atoms with E-state index < -0.39 is 121 Å². The van der Waals surface area contributed by atoms with Gasteiger partial charge in [-0.2, -0.15) is 0 Å². The first-order valence-corrected chi connectivity index (χ1v) is 29.8. The number of hydrogen-bond donors (Lipinski definition) is 17. The third-order valence-electron chi connectivity index (χ3n) is 14.5. The summed E-state index contributed by atoms with van der Waals surface area (Å²) in [7, 11) is 0. The fraction of sp³-hybridized carbons (Fsp3) is 0.517. The van der Waals surface area contributed by atoms with Crippen LogP contribution in [0.1, 0.15) is 101 Å². The predicted molar refractivity (Wildman–Crippen MR) is 328 cm³/mol. The smallest absolute Gasteiger partial charge is 0.326 e. The molecular weight excluding hydrogens is 1150 g/mol. The van der Waals surface area contributed by atoms with E-state index in [4.69, 9.17) is 28.1 Å². The number of aromatic hydroxyl groups is 2. The van der Waals surface area contributed by atoms with E-state index in [1.54, 1.807) is 68.4 Å². The van der Waals surface area contributed by atoms with Crippen LogP contribution in [0, 0.1) is 5.92 Å². The lowest BCUT2D eigenvalue weighted by Gasteiger charge is -2.31. The van der Waals surface area contributed by atoms with Gasteiger partial charge in [0.1, 0.15) is 53.8 Å². The summed E-state index contributed by atoms with van der Waals surface area (Å²) in [5, 5.41) is 59.4. The number of nitrogens with zero attached hydrogens (tertiary/aromatic N) is 2. The highest BCUT2D eigenvalue weighted by Gasteiger charge is 2.40. The molecule has 21 N–H and O–H groups in total. The van der Waals surface area contributed by atoms with Gasteiger partial charge in [0.25, 0.3) is 0 Å². The number of carboxylic acid groups (broad SMARTS) is 1. The molecule has 0 aliphatic carbocycles. The molecule has 0 spiro atoms. The van der Waals surface area contributed by atoms with E-state index in [1.807, 2.05) is 5.48 Å². The second-order valence-corrected chi connectivity index (χ2v) is 22.3. The number of carboxylic acids is 1. The molecule has 1 aliphatic rings. The number of nitrogens with one attached hydrogen (secondary N) is 9. The van der Waals surface area contributed by atoms with E-state index in [9.17, 15) is 63.3 Å². The largest absolute Gasteiger partial charge is 0.508 e. The summed E-state index contributed by atoms with van der Waals surface area (Å²) < 4.78 is 0. The zero-order valence-corrected chi connectivity index (χ0v) is 50.4. The number of carbonyl (C=O) groups excluding carboxylic acids is 9. The maximum atomic E-state index is 14.7. The number of unbranched alkanes of at least 4 members (excludes halogenated alkanes) is 2. The minimum absolute atomic E-state index is 0.00176. The Kier molecular flexibility index (Phi) is 31.3. The SMILES string of the molecule is CC(C)C[C@H](NC(=O)[C@H](Cc1ccccc1)NC(=O)CNC(=O)CNC(=O)[C@@H](N)Cc1ccc(O)cc1)C(=O)N[C@@H](CCCN=C(N)N)C(=O)N[C@@H](CCCCN)C(=O)N[C@@H](Cc1ccc(O)cc1)C(=O)N1CCC[C@H]1C(=O)N[C@@H](CCCCNO)C(=O)O. The fourth-order valence-corrected chi connectivity index (χ4v) is 9.80. The molecule has 0 bridgehead atoms. The van der Waals surface area contributed by atoms with Crippen molar-refractivity contribution in [3.05, 3.63) is 95.6 Å². The van der Waals surface area contributed by atoms with Gasteiger partial charge in [-0.25, -0.2) is 10.3 Å². The summed E-state index contributed by atoms with van der Waals surface area (Å²) in [5.41, 5.74) is 26.8. The van der Waals surface area contributed by atoms with Gasteiger partial charge < -0.3 is 90.9 Å². The number of carbonyl (C=O) groups is 10. The molecule has 8 atom stereocenters. The van der Waals surface area contributed by atoms with Crippen molar-refractivity contribution < 1.29 is 68.5 Å². The van der Waals surface area contributed by atoms with E-state index in [0.717, 1.165) is 0 Å². The maximum absolute atomic E-state index is 14.7. The van der Waals surface area contributed by atoms with Gasteiger partial charge in [-0.1, -0.05) is 68.4 Å². The Morgan fingerprint density at radius 2 is 1.10 bits per heavy atom. The summed E-state index contributed by atoms with van der Waals surface area (Å²) >= 11 is 0. The topological polar surface area (TPSA) is 480 Å². The van der Waals surface area contributed by atoms with Gasteiger partial charge in [-0.05, 0) is 130 Å². The normalized spacial score (nSPS) is 15.1. The number of rotatable bonds is 39. The average molecular weight is 1240 g/mol. The van der Waals surface area contributed by atoms with Gasteiger partial charge in [0.2, 0.25) is 53.2 Å². The Hall–Kier alpha value is -8.93. The number of likely N-dealkylation sites (tertiary alicyclic amines) is 1. The van der Waals surface area contributed by atoms with E-state index in [-0.39, 0.29) is 107 Å². The molecule has 0 aromatic heterocycles. The quantitative estimate of drug-likeness (QED) is 0.0128. The Labute approximate surface area is 517 Å². The van der Waals surface area contributed by atoms with Crippen molar-refractivity contribution in [3.63, 3.8) is 0 Å². The highest BCUT2D eigenvalue weighted by Crippen LogP contribution is 2.22. The molecule has 3 aromatic rings. The fourth-order valence-electron chi connectivity index (χ4n) is 9.80. The molecule has 29 nitrogen and oxygen atoms in total. The van der Waals surface area contributed by atoms with Crippen molar-refractivity contribution in [1.29, 1.82) is 0 Å². The van der Waals surface area contributed by atoms with Gasteiger partial charge in [0.15, 0.2) is 5.96 Å². The lowest BCUT2D eigenvalue weighted by molar-refractivity contribution is -0.145. The standard InChI is InChI=1S/C60H89N15O14/c1-36(2)30-46(73-56(84)47(32-37-12-4-3-5-13-37)69-51(79)35-66-50(78)34-67-52(80)42(62)31-38-18-22-40(76)23-19-38)55(83)71-44(16-10-27-65-60(63)64)53(81)70-43(14-6-8-26-61)54(82)74-48(33-39-20-24-41(77)25-21-39)58(86)75-29-11-17-49(75)57(85)72-45(59(87)88)15-7-9-28-68-89/h3-5,12-13,18-25,36,42-49,68,76-77,89H,6-11,14-17,26-35,61-62H2,1-2H3,(H,66,78)(H,67,80)(H,69,79)(H,70,81)(H,71,83)(H,72,85)(H,73,84)(H,74,82)(H,87,88)(H4,63,64,65)/t42-,43-,44-,45-,46-,47-,48-,49-/m0/s1. The van der Waals surface area contributed by atoms with Crippen LogP contribution in [0.15, 0.2) is 83.9 Å². The van der Waals surface area contributed by atoms with Crippen molar-refractivity contribution in [2.45, 2.75) is 152 Å². The molecule has 29 heteroatoms. The Morgan fingerprint density at radius 1 is 0.584 bits per heavy atom. The second kappa shape index (κ2) is 38.4. The van der Waals surface area contributed by atoms with Gasteiger partial charge in [-0.15, -0.1) is 0 Å². The van der Waals surface area contributed by atoms with Crippen LogP contribution >= 0.6 is 0 Å². The van der Waals surface area contributed by atoms with Crippen LogP contribution in [0.5, 0.6) is 11.5 Å². The van der Waals surface area contributed by atoms with Crippen molar-refractivity contribution in [2.24, 2.45) is 33.8 Å². The third-order valence-corrected chi connectivity index (χ3v) is 14.5. The number of benzene rings is 3. The first kappa shape index (κ1) is 72.5. The number of aliphatic carboxylic acids is 1. The van der Waals surface area contributed by atoms with Crippen LogP contribution in [0.3, 0.4) is 0 Å². The lowest BCUT2D eigenvalue weighted by atomic mass is 10.00. The number of phenols is 2. The molecule has 0 saturated carbocycles. The molecule has 1 fully saturated rings. The molecule has 89 heavy (non-hydrogen) atoms. The summed E-state index contributed by atoms with van der Waals surface area (Å²) in [6.45, 7) is 3.00. The van der Waals surface area contributed by atoms with Crippen molar-refractivity contribution in [2.75, 3.05) is 39.3 Å². The highest BCUT2D eigenvalue weighted by atomic mass is 16.5. The summed E-state index contributed by atoms with van der Waals surface area (Å²) in [6, 6.07) is 10.5. The first-order valence-electron chi connectivity index (χ1n) is 29.8. The van der Waals surface area contributed by atoms with E-state index >= 15 is 0 Å². The van der Waals surface area contributed by atoms with Crippen LogP contribution < -0.4 is 70.9 Å². The minimum atomic E-state index is -1.39. The van der Waals surface area contributed by atoms with Crippen LogP contribution in [-0.4, -0.2) is 178 Å². The lowest BCUT2D eigenvalue weighted by Crippen LogP contribution is -2.60. The molecular formula is C60H89N15O14. The third kappa shape index (κ3) is 26.5. The summed E-state index contributed by atoms with van der Waals surface area (Å²) in [5.74, 6) is -8.58. The van der Waals surface area contributed by atoms with Crippen LogP contribution in [0.25, 0.3) is 0 Å². The molecule has 3 aromatic carbocycles. The van der Waals surface area contributed by atoms with Gasteiger partial charge in [0.05, 0.1) is 19.1 Å². The van der Waals surface area contributed by atoms with Crippen LogP contribution in [-0.2, 0) is 67.2 Å². The highest BCUT2D eigenvalue weighted by molar-refractivity contribution is 5.98. The number of hydrogen-bond acceptors (Lipinski definition) is 17. The number of guanidine groups is 1. The average Bonchev–Trinajstić information content (AvgIpc) is 2.37. The second-order valence-electron chi connectivity index (χ2n) is 22.3. The number of hydroxylamine groups is 1.